The molecule has 0 fully saturated rings. The molecule has 1 atom stereocenters. The van der Waals surface area contributed by atoms with Crippen molar-refractivity contribution in [1.82, 2.24) is 10.2 Å². The first kappa shape index (κ1) is 11.2. The summed E-state index contributed by atoms with van der Waals surface area (Å²) in [6.07, 6.45) is 0. The number of carboxylic acids is 1. The van der Waals surface area contributed by atoms with Crippen molar-refractivity contribution in [3.05, 3.63) is 29.2 Å². The number of rotatable bonds is 4. The summed E-state index contributed by atoms with van der Waals surface area (Å²) in [5.41, 5.74) is 1.65. The van der Waals surface area contributed by atoms with E-state index in [0.29, 0.717) is 5.76 Å². The summed E-state index contributed by atoms with van der Waals surface area (Å²) in [5, 5.41) is 16.4. The lowest BCUT2D eigenvalue weighted by Gasteiger charge is -2.04. The molecule has 16 heavy (non-hydrogen) atoms. The van der Waals surface area contributed by atoms with Gasteiger partial charge in [0.05, 0.1) is 5.25 Å². The van der Waals surface area contributed by atoms with Gasteiger partial charge in [0, 0.05) is 0 Å². The molecule has 0 saturated carbocycles. The second kappa shape index (κ2) is 4.67. The number of aromatic carboxylic acids is 1. The van der Waals surface area contributed by atoms with Crippen LogP contribution in [-0.2, 0) is 0 Å². The van der Waals surface area contributed by atoms with E-state index in [9.17, 15) is 4.79 Å². The summed E-state index contributed by atoms with van der Waals surface area (Å²) in [7, 11) is 0. The van der Waals surface area contributed by atoms with Crippen molar-refractivity contribution in [2.45, 2.75) is 16.5 Å². The lowest BCUT2D eigenvalue weighted by atomic mass is 10.3. The minimum atomic E-state index is -1.06. The number of carbonyl (C=O) groups is 1. The van der Waals surface area contributed by atoms with Gasteiger partial charge < -0.3 is 9.52 Å². The number of hydrogen-bond acceptors (Lipinski definition) is 6. The van der Waals surface area contributed by atoms with Crippen LogP contribution in [0.2, 0.25) is 0 Å². The molecule has 84 valence electrons. The monoisotopic (exact) mass is 256 g/mol. The van der Waals surface area contributed by atoms with Gasteiger partial charge in [-0.2, -0.15) is 0 Å². The maximum absolute atomic E-state index is 10.6. The van der Waals surface area contributed by atoms with E-state index in [4.69, 9.17) is 9.52 Å². The van der Waals surface area contributed by atoms with Gasteiger partial charge in [-0.25, -0.2) is 4.79 Å². The van der Waals surface area contributed by atoms with Gasteiger partial charge in [0.15, 0.2) is 4.34 Å². The largest absolute Gasteiger partial charge is 0.475 e. The van der Waals surface area contributed by atoms with Crippen LogP contribution in [0.5, 0.6) is 0 Å². The zero-order chi connectivity index (χ0) is 11.5. The highest BCUT2D eigenvalue weighted by Gasteiger charge is 2.16. The van der Waals surface area contributed by atoms with Crippen LogP contribution < -0.4 is 0 Å². The van der Waals surface area contributed by atoms with E-state index in [1.165, 1.54) is 29.2 Å². The van der Waals surface area contributed by atoms with Crippen LogP contribution in [0.15, 0.2) is 26.4 Å². The molecule has 0 aliphatic carbocycles. The molecule has 1 unspecified atom stereocenters. The molecule has 7 heteroatoms. The number of hydrogen-bond donors (Lipinski definition) is 1. The Morgan fingerprint density at radius 3 is 3.00 bits per heavy atom. The van der Waals surface area contributed by atoms with Crippen LogP contribution >= 0.6 is 23.1 Å². The molecule has 0 spiro atoms. The molecule has 0 aliphatic rings. The Morgan fingerprint density at radius 2 is 2.44 bits per heavy atom. The SMILES string of the molecule is CC(Sc1nncs1)c1ccc(C(=O)O)o1. The van der Waals surface area contributed by atoms with Crippen molar-refractivity contribution in [3.63, 3.8) is 0 Å². The summed E-state index contributed by atoms with van der Waals surface area (Å²) in [6.45, 7) is 1.93. The van der Waals surface area contributed by atoms with Crippen molar-refractivity contribution in [2.75, 3.05) is 0 Å². The van der Waals surface area contributed by atoms with Gasteiger partial charge in [-0.15, -0.1) is 10.2 Å². The van der Waals surface area contributed by atoms with E-state index in [2.05, 4.69) is 10.2 Å². The lowest BCUT2D eigenvalue weighted by Crippen LogP contribution is -1.92. The Kier molecular flexibility index (Phi) is 3.25. The van der Waals surface area contributed by atoms with Crippen molar-refractivity contribution < 1.29 is 14.3 Å². The Bertz CT molecular complexity index is 481. The molecule has 0 radical (unpaired) electrons. The van der Waals surface area contributed by atoms with Crippen molar-refractivity contribution in [2.24, 2.45) is 0 Å². The molecule has 2 aromatic heterocycles. The van der Waals surface area contributed by atoms with Gasteiger partial charge in [0.1, 0.15) is 11.3 Å². The Morgan fingerprint density at radius 1 is 1.62 bits per heavy atom. The first-order valence-corrected chi connectivity index (χ1v) is 6.18. The molecule has 0 amide bonds. The van der Waals surface area contributed by atoms with Crippen molar-refractivity contribution >= 4 is 29.1 Å². The van der Waals surface area contributed by atoms with Crippen LogP contribution in [0.1, 0.15) is 28.5 Å². The summed E-state index contributed by atoms with van der Waals surface area (Å²) < 4.78 is 6.03. The van der Waals surface area contributed by atoms with Gasteiger partial charge >= 0.3 is 5.97 Å². The summed E-state index contributed by atoms with van der Waals surface area (Å²) in [6, 6.07) is 3.12. The van der Waals surface area contributed by atoms with Gasteiger partial charge in [0.25, 0.3) is 0 Å². The second-order valence-electron chi connectivity index (χ2n) is 2.97. The zero-order valence-corrected chi connectivity index (χ0v) is 9.92. The molecule has 0 aliphatic heterocycles. The number of carboxylic acid groups (broad SMARTS) is 1. The van der Waals surface area contributed by atoms with Gasteiger partial charge in [-0.05, 0) is 19.1 Å². The molecular formula is C9H8N2O3S2. The Hall–Kier alpha value is -1.34. The standard InChI is InChI=1S/C9H8N2O3S2/c1-5(16-9-11-10-4-15-9)6-2-3-7(14-6)8(12)13/h2-5H,1H3,(H,12,13). The maximum atomic E-state index is 10.6. The van der Waals surface area contributed by atoms with Gasteiger partial charge in [-0.3, -0.25) is 0 Å². The first-order valence-electron chi connectivity index (χ1n) is 4.42. The quantitative estimate of drug-likeness (QED) is 0.847. The minimum Gasteiger partial charge on any atom is -0.475 e. The fourth-order valence-electron chi connectivity index (χ4n) is 1.11. The smallest absolute Gasteiger partial charge is 0.371 e. The van der Waals surface area contributed by atoms with E-state index in [-0.39, 0.29) is 11.0 Å². The summed E-state index contributed by atoms with van der Waals surface area (Å²) >= 11 is 2.93. The van der Waals surface area contributed by atoms with Crippen molar-refractivity contribution in [3.8, 4) is 0 Å². The van der Waals surface area contributed by atoms with E-state index < -0.39 is 5.97 Å². The van der Waals surface area contributed by atoms with E-state index in [0.717, 1.165) is 4.34 Å². The molecule has 0 saturated heterocycles. The molecule has 5 nitrogen and oxygen atoms in total. The molecule has 2 aromatic rings. The number of nitrogens with zero attached hydrogens (tertiary/aromatic N) is 2. The Balaban J connectivity index is 2.08. The number of aromatic nitrogens is 2. The zero-order valence-electron chi connectivity index (χ0n) is 8.28. The molecular weight excluding hydrogens is 248 g/mol. The molecule has 0 aromatic carbocycles. The van der Waals surface area contributed by atoms with E-state index in [1.54, 1.807) is 11.6 Å². The summed E-state index contributed by atoms with van der Waals surface area (Å²) in [4.78, 5) is 10.6. The normalized spacial score (nSPS) is 12.6. The maximum Gasteiger partial charge on any atom is 0.371 e. The lowest BCUT2D eigenvalue weighted by molar-refractivity contribution is 0.0660. The fourth-order valence-corrected chi connectivity index (χ4v) is 2.81. The van der Waals surface area contributed by atoms with Crippen molar-refractivity contribution in [1.29, 1.82) is 0 Å². The average Bonchev–Trinajstić information content (AvgIpc) is 2.86. The summed E-state index contributed by atoms with van der Waals surface area (Å²) in [5.74, 6) is -0.475. The molecule has 1 N–H and O–H groups in total. The minimum absolute atomic E-state index is 0.0149. The second-order valence-corrected chi connectivity index (χ2v) is 5.39. The predicted octanol–water partition coefficient (Wildman–Crippen LogP) is 2.68. The predicted molar refractivity (Wildman–Crippen MR) is 59.8 cm³/mol. The first-order chi connectivity index (χ1) is 7.66. The van der Waals surface area contributed by atoms with Crippen LogP contribution in [-0.4, -0.2) is 21.3 Å². The third kappa shape index (κ3) is 2.42. The highest BCUT2D eigenvalue weighted by atomic mass is 32.2. The highest BCUT2D eigenvalue weighted by Crippen LogP contribution is 2.35. The van der Waals surface area contributed by atoms with Gasteiger partial charge in [-0.1, -0.05) is 23.1 Å². The Labute approximate surface area is 99.5 Å². The van der Waals surface area contributed by atoms with Crippen LogP contribution in [0.3, 0.4) is 0 Å². The third-order valence-electron chi connectivity index (χ3n) is 1.86. The molecule has 2 rings (SSSR count). The molecule has 0 bridgehead atoms. The topological polar surface area (TPSA) is 76.2 Å². The average molecular weight is 256 g/mol. The van der Waals surface area contributed by atoms with Crippen LogP contribution in [0.4, 0.5) is 0 Å². The van der Waals surface area contributed by atoms with E-state index >= 15 is 0 Å². The third-order valence-corrected chi connectivity index (χ3v) is 3.79. The van der Waals surface area contributed by atoms with E-state index in [1.807, 2.05) is 6.92 Å². The van der Waals surface area contributed by atoms with Gasteiger partial charge in [0.2, 0.25) is 5.76 Å². The van der Waals surface area contributed by atoms with Crippen LogP contribution in [0, 0.1) is 0 Å². The number of thioether (sulfide) groups is 1. The van der Waals surface area contributed by atoms with Crippen LogP contribution in [0.25, 0.3) is 0 Å². The molecule has 2 heterocycles. The number of furan rings is 1. The highest BCUT2D eigenvalue weighted by molar-refractivity contribution is 8.01. The fraction of sp³-hybridized carbons (Fsp3) is 0.222.